The van der Waals surface area contributed by atoms with Gasteiger partial charge in [0, 0.05) is 10.7 Å². The Balaban J connectivity index is 1.49. The van der Waals surface area contributed by atoms with Crippen molar-refractivity contribution in [3.05, 3.63) is 88.9 Å². The average Bonchev–Trinajstić information content (AvgIpc) is 2.81. The minimum Gasteiger partial charge on any atom is -0.497 e. The maximum Gasteiger partial charge on any atom is 0.343 e. The number of rotatable bonds is 6. The molecule has 0 saturated heterocycles. The van der Waals surface area contributed by atoms with Gasteiger partial charge in [-0.2, -0.15) is 5.10 Å². The minimum atomic E-state index is -0.929. The first-order chi connectivity index (χ1) is 15.4. The molecule has 0 unspecified atom stereocenters. The van der Waals surface area contributed by atoms with Crippen LogP contribution >= 0.6 is 11.6 Å². The molecule has 0 radical (unpaired) electrons. The Kier molecular flexibility index (Phi) is 7.55. The van der Waals surface area contributed by atoms with Crippen LogP contribution in [0.1, 0.15) is 15.9 Å². The number of hydrogen-bond acceptors (Lipinski definition) is 6. The van der Waals surface area contributed by atoms with Crippen molar-refractivity contribution in [3.63, 3.8) is 0 Å². The lowest BCUT2D eigenvalue weighted by atomic mass is 10.2. The Bertz CT molecular complexity index is 1130. The maximum absolute atomic E-state index is 12.2. The summed E-state index contributed by atoms with van der Waals surface area (Å²) < 4.78 is 10.4. The molecule has 8 nitrogen and oxygen atoms in total. The molecule has 0 spiro atoms. The molecule has 0 aliphatic carbocycles. The molecule has 0 heterocycles. The highest BCUT2D eigenvalue weighted by Gasteiger charge is 2.13. The second-order valence-electron chi connectivity index (χ2n) is 6.35. The van der Waals surface area contributed by atoms with E-state index in [-0.39, 0.29) is 0 Å². The predicted octanol–water partition coefficient (Wildman–Crippen LogP) is 3.66. The Morgan fingerprint density at radius 1 is 0.844 bits per heavy atom. The van der Waals surface area contributed by atoms with E-state index >= 15 is 0 Å². The van der Waals surface area contributed by atoms with Crippen molar-refractivity contribution in [2.24, 2.45) is 5.10 Å². The number of benzene rings is 3. The molecular weight excluding hydrogens is 434 g/mol. The second-order valence-corrected chi connectivity index (χ2v) is 6.78. The van der Waals surface area contributed by atoms with Crippen LogP contribution in [0.25, 0.3) is 0 Å². The number of anilines is 1. The van der Waals surface area contributed by atoms with Crippen molar-refractivity contribution in [1.82, 2.24) is 5.43 Å². The summed E-state index contributed by atoms with van der Waals surface area (Å²) in [6, 6.07) is 19.3. The molecule has 3 aromatic carbocycles. The second kappa shape index (κ2) is 10.7. The van der Waals surface area contributed by atoms with E-state index in [0.717, 1.165) is 0 Å². The summed E-state index contributed by atoms with van der Waals surface area (Å²) in [6.07, 6.45) is 1.35. The first kappa shape index (κ1) is 22.5. The molecule has 2 amide bonds. The van der Waals surface area contributed by atoms with Gasteiger partial charge in [0.1, 0.15) is 11.5 Å². The van der Waals surface area contributed by atoms with E-state index in [4.69, 9.17) is 21.1 Å². The lowest BCUT2D eigenvalue weighted by molar-refractivity contribution is -0.136. The van der Waals surface area contributed by atoms with Gasteiger partial charge >= 0.3 is 17.8 Å². The van der Waals surface area contributed by atoms with Crippen LogP contribution in [0.5, 0.6) is 11.5 Å². The molecular formula is C23H18ClN3O5. The van der Waals surface area contributed by atoms with Gasteiger partial charge in [-0.1, -0.05) is 11.6 Å². The maximum atomic E-state index is 12.2. The first-order valence-electron chi connectivity index (χ1n) is 9.31. The van der Waals surface area contributed by atoms with Gasteiger partial charge in [0.05, 0.1) is 18.9 Å². The molecule has 0 fully saturated rings. The fourth-order valence-corrected chi connectivity index (χ4v) is 2.58. The molecule has 3 aromatic rings. The van der Waals surface area contributed by atoms with Gasteiger partial charge in [-0.3, -0.25) is 9.59 Å². The molecule has 0 bridgehead atoms. The highest BCUT2D eigenvalue weighted by molar-refractivity contribution is 6.39. The van der Waals surface area contributed by atoms with Crippen LogP contribution in [0.3, 0.4) is 0 Å². The Labute approximate surface area is 188 Å². The lowest BCUT2D eigenvalue weighted by Gasteiger charge is -2.05. The molecule has 0 aliphatic heterocycles. The number of carbonyl (C=O) groups excluding carboxylic acids is 3. The molecule has 9 heteroatoms. The molecule has 0 aliphatic rings. The molecule has 162 valence electrons. The van der Waals surface area contributed by atoms with Crippen molar-refractivity contribution < 1.29 is 23.9 Å². The summed E-state index contributed by atoms with van der Waals surface area (Å²) in [4.78, 5) is 35.9. The Hall–Kier alpha value is -4.17. The number of halogens is 1. The van der Waals surface area contributed by atoms with Gasteiger partial charge < -0.3 is 14.8 Å². The van der Waals surface area contributed by atoms with Crippen LogP contribution in [0.4, 0.5) is 5.69 Å². The Morgan fingerprint density at radius 3 is 2.09 bits per heavy atom. The van der Waals surface area contributed by atoms with Gasteiger partial charge in [0.25, 0.3) is 0 Å². The van der Waals surface area contributed by atoms with Crippen molar-refractivity contribution in [2.75, 3.05) is 12.4 Å². The van der Waals surface area contributed by atoms with Crippen molar-refractivity contribution >= 4 is 41.3 Å². The minimum absolute atomic E-state index is 0.342. The van der Waals surface area contributed by atoms with Crippen LogP contribution in [-0.4, -0.2) is 31.1 Å². The zero-order valence-electron chi connectivity index (χ0n) is 16.9. The fourth-order valence-electron chi connectivity index (χ4n) is 2.45. The third kappa shape index (κ3) is 6.41. The van der Waals surface area contributed by atoms with E-state index in [2.05, 4.69) is 15.8 Å². The van der Waals surface area contributed by atoms with Gasteiger partial charge in [-0.25, -0.2) is 10.2 Å². The number of nitrogens with zero attached hydrogens (tertiary/aromatic N) is 1. The topological polar surface area (TPSA) is 106 Å². The van der Waals surface area contributed by atoms with E-state index < -0.39 is 17.8 Å². The van der Waals surface area contributed by atoms with E-state index in [1.807, 2.05) is 0 Å². The molecule has 0 saturated carbocycles. The molecule has 3 rings (SSSR count). The molecule has 2 N–H and O–H groups in total. The average molecular weight is 452 g/mol. The number of nitrogens with one attached hydrogen (secondary N) is 2. The highest BCUT2D eigenvalue weighted by Crippen LogP contribution is 2.16. The van der Waals surface area contributed by atoms with Crippen molar-refractivity contribution in [2.45, 2.75) is 0 Å². The van der Waals surface area contributed by atoms with Crippen LogP contribution in [-0.2, 0) is 9.59 Å². The van der Waals surface area contributed by atoms with Crippen LogP contribution in [0.15, 0.2) is 77.9 Å². The van der Waals surface area contributed by atoms with Crippen LogP contribution in [0, 0.1) is 0 Å². The zero-order chi connectivity index (χ0) is 22.9. The monoisotopic (exact) mass is 451 g/mol. The summed E-state index contributed by atoms with van der Waals surface area (Å²) in [5.74, 6) is -1.33. The van der Waals surface area contributed by atoms with Crippen molar-refractivity contribution in [1.29, 1.82) is 0 Å². The quantitative estimate of drug-likeness (QED) is 0.195. The summed E-state index contributed by atoms with van der Waals surface area (Å²) >= 11 is 5.77. The number of ether oxygens (including phenoxy) is 2. The molecule has 0 aromatic heterocycles. The number of carbonyl (C=O) groups is 3. The number of hydrazone groups is 1. The number of methoxy groups -OCH3 is 1. The van der Waals surface area contributed by atoms with Gasteiger partial charge in [0.2, 0.25) is 0 Å². The summed E-state index contributed by atoms with van der Waals surface area (Å²) in [5, 5.41) is 6.68. The fraction of sp³-hybridized carbons (Fsp3) is 0.0435. The van der Waals surface area contributed by atoms with E-state index in [1.54, 1.807) is 79.9 Å². The molecule has 0 atom stereocenters. The third-order valence-electron chi connectivity index (χ3n) is 4.10. The van der Waals surface area contributed by atoms with E-state index in [1.165, 1.54) is 6.21 Å². The summed E-state index contributed by atoms with van der Waals surface area (Å²) in [5.41, 5.74) is 3.57. The number of esters is 1. The van der Waals surface area contributed by atoms with Gasteiger partial charge in [-0.05, 0) is 78.4 Å². The predicted molar refractivity (Wildman–Crippen MR) is 120 cm³/mol. The third-order valence-corrected chi connectivity index (χ3v) is 4.36. The van der Waals surface area contributed by atoms with E-state index in [9.17, 15) is 14.4 Å². The van der Waals surface area contributed by atoms with Gasteiger partial charge in [-0.15, -0.1) is 0 Å². The van der Waals surface area contributed by atoms with Crippen molar-refractivity contribution in [3.8, 4) is 11.5 Å². The standard InChI is InChI=1S/C23H18ClN3O5/c1-31-19-12-4-16(5-13-19)23(30)32-20-10-2-15(3-11-20)14-25-27-22(29)21(28)26-18-8-6-17(24)7-9-18/h2-14H,1H3,(H,26,28)(H,27,29)/b25-14+. The number of hydrogen-bond donors (Lipinski definition) is 2. The lowest BCUT2D eigenvalue weighted by Crippen LogP contribution is -2.32. The summed E-state index contributed by atoms with van der Waals surface area (Å²) in [6.45, 7) is 0. The highest BCUT2D eigenvalue weighted by atomic mass is 35.5. The normalized spacial score (nSPS) is 10.4. The summed E-state index contributed by atoms with van der Waals surface area (Å²) in [7, 11) is 1.54. The van der Waals surface area contributed by atoms with Crippen LogP contribution < -0.4 is 20.2 Å². The number of amides is 2. The van der Waals surface area contributed by atoms with E-state index in [0.29, 0.717) is 33.3 Å². The van der Waals surface area contributed by atoms with Crippen LogP contribution in [0.2, 0.25) is 5.02 Å². The smallest absolute Gasteiger partial charge is 0.343 e. The Morgan fingerprint density at radius 2 is 1.47 bits per heavy atom. The van der Waals surface area contributed by atoms with Gasteiger partial charge in [0.15, 0.2) is 0 Å². The zero-order valence-corrected chi connectivity index (χ0v) is 17.6. The molecule has 32 heavy (non-hydrogen) atoms. The first-order valence-corrected chi connectivity index (χ1v) is 9.68. The largest absolute Gasteiger partial charge is 0.497 e. The SMILES string of the molecule is COc1ccc(C(=O)Oc2ccc(/C=N/NC(=O)C(=O)Nc3ccc(Cl)cc3)cc2)cc1.